The van der Waals surface area contributed by atoms with Gasteiger partial charge < -0.3 is 4.40 Å². The van der Waals surface area contributed by atoms with Gasteiger partial charge in [0.1, 0.15) is 0 Å². The maximum absolute atomic E-state index is 3.11. The summed E-state index contributed by atoms with van der Waals surface area (Å²) in [4.78, 5) is 0. The normalized spacial score (nSPS) is 13.3. The van der Waals surface area contributed by atoms with Gasteiger partial charge in [0.25, 0.3) is 0 Å². The Bertz CT molecular complexity index is 2580. The first kappa shape index (κ1) is 27.0. The van der Waals surface area contributed by atoms with Gasteiger partial charge in [0.15, 0.2) is 0 Å². The first-order chi connectivity index (χ1) is 22.3. The molecule has 0 radical (unpaired) electrons. The van der Waals surface area contributed by atoms with Crippen LogP contribution in [-0.2, 0) is 0 Å². The average molecular weight is 590 g/mol. The molecule has 6 aromatic carbocycles. The zero-order chi connectivity index (χ0) is 31.3. The Morgan fingerprint density at radius 1 is 0.543 bits per heavy atom. The second-order valence-corrected chi connectivity index (χ2v) is 13.8. The van der Waals surface area contributed by atoms with E-state index < -0.39 is 0 Å². The van der Waals surface area contributed by atoms with Crippen LogP contribution in [-0.4, -0.2) is 4.40 Å². The second-order valence-electron chi connectivity index (χ2n) is 13.8. The molecular formula is C45H35N. The maximum atomic E-state index is 3.11. The molecule has 1 nitrogen and oxygen atoms in total. The zero-order valence-electron chi connectivity index (χ0n) is 27.0. The molecule has 0 fully saturated rings. The minimum atomic E-state index is 0.493. The summed E-state index contributed by atoms with van der Waals surface area (Å²) in [5, 5.41) is 10.5. The first-order valence-corrected chi connectivity index (χ1v) is 16.5. The highest BCUT2D eigenvalue weighted by Gasteiger charge is 2.21. The van der Waals surface area contributed by atoms with Crippen LogP contribution in [0.2, 0.25) is 0 Å². The van der Waals surface area contributed by atoms with Crippen molar-refractivity contribution in [1.82, 2.24) is 4.40 Å². The lowest BCUT2D eigenvalue weighted by Crippen LogP contribution is -1.89. The minimum Gasteiger partial charge on any atom is -0.308 e. The van der Waals surface area contributed by atoms with Crippen molar-refractivity contribution in [3.05, 3.63) is 143 Å². The van der Waals surface area contributed by atoms with Gasteiger partial charge in [0.2, 0.25) is 0 Å². The number of hydrogen-bond acceptors (Lipinski definition) is 0. The highest BCUT2D eigenvalue weighted by molar-refractivity contribution is 6.27. The van der Waals surface area contributed by atoms with Gasteiger partial charge in [-0.1, -0.05) is 93.8 Å². The number of fused-ring (bicyclic) bond motifs is 8. The number of benzene rings is 6. The van der Waals surface area contributed by atoms with Crippen LogP contribution in [0.1, 0.15) is 61.8 Å². The summed E-state index contributed by atoms with van der Waals surface area (Å²) in [6.45, 7) is 11.3. The van der Waals surface area contributed by atoms with Gasteiger partial charge in [0, 0.05) is 21.5 Å². The summed E-state index contributed by atoms with van der Waals surface area (Å²) in [7, 11) is 0. The molecule has 1 aliphatic carbocycles. The third kappa shape index (κ3) is 3.97. The Labute approximate surface area is 269 Å². The Kier molecular flexibility index (Phi) is 5.78. The summed E-state index contributed by atoms with van der Waals surface area (Å²) >= 11 is 0. The number of rotatable bonds is 4. The highest BCUT2D eigenvalue weighted by atomic mass is 14.9. The van der Waals surface area contributed by atoms with Crippen molar-refractivity contribution < 1.29 is 0 Å². The molecule has 0 unspecified atom stereocenters. The van der Waals surface area contributed by atoms with E-state index in [4.69, 9.17) is 0 Å². The van der Waals surface area contributed by atoms with Gasteiger partial charge in [-0.15, -0.1) is 0 Å². The Balaban J connectivity index is 1.38. The predicted octanol–water partition coefficient (Wildman–Crippen LogP) is 12.6. The van der Waals surface area contributed by atoms with Crippen LogP contribution in [0.3, 0.4) is 0 Å². The van der Waals surface area contributed by atoms with Gasteiger partial charge in [-0.2, -0.15) is 0 Å². The monoisotopic (exact) mass is 589 g/mol. The molecule has 0 amide bonds. The molecule has 8 aromatic rings. The van der Waals surface area contributed by atoms with Crippen LogP contribution in [0.15, 0.2) is 121 Å². The van der Waals surface area contributed by atoms with Crippen LogP contribution < -0.4 is 0 Å². The van der Waals surface area contributed by atoms with Crippen LogP contribution in [0, 0.1) is 6.92 Å². The quantitative estimate of drug-likeness (QED) is 0.180. The Morgan fingerprint density at radius 2 is 1.15 bits per heavy atom. The molecule has 0 aliphatic heterocycles. The van der Waals surface area contributed by atoms with Crippen LogP contribution in [0.5, 0.6) is 0 Å². The van der Waals surface area contributed by atoms with E-state index in [-0.39, 0.29) is 0 Å². The van der Waals surface area contributed by atoms with E-state index in [0.717, 1.165) is 0 Å². The lowest BCUT2D eigenvalue weighted by molar-refractivity contribution is 0.869. The standard InChI is InChI=1S/C45H35N/c1-26(2)30-11-13-33-24-43-39(20-35(33)18-30)41-22-37(38-16-15-32(17-28(38)5)29-9-7-6-8-10-29)23-42-40-21-36-19-31(27(3)4)12-14-34(36)25-44(40)46(43)45(41)42/h7,9-27H,1-5H3. The summed E-state index contributed by atoms with van der Waals surface area (Å²) in [5.41, 5.74) is 18.9. The number of aryl methyl sites for hydroxylation is 1. The van der Waals surface area contributed by atoms with Crippen molar-refractivity contribution in [3.63, 3.8) is 0 Å². The van der Waals surface area contributed by atoms with Gasteiger partial charge in [0.05, 0.1) is 16.6 Å². The first-order valence-electron chi connectivity index (χ1n) is 16.5. The third-order valence-corrected chi connectivity index (χ3v) is 10.2. The number of aromatic nitrogens is 1. The number of hydrogen-bond donors (Lipinski definition) is 0. The van der Waals surface area contributed by atoms with Crippen molar-refractivity contribution in [1.29, 1.82) is 0 Å². The van der Waals surface area contributed by atoms with Gasteiger partial charge >= 0.3 is 0 Å². The molecule has 0 atom stereocenters. The van der Waals surface area contributed by atoms with E-state index in [1.54, 1.807) is 0 Å². The number of nitrogens with zero attached hydrogens (tertiary/aromatic N) is 1. The smallest absolute Gasteiger partial charge is 0.0620 e. The highest BCUT2D eigenvalue weighted by Crippen LogP contribution is 2.44. The minimum absolute atomic E-state index is 0.493. The third-order valence-electron chi connectivity index (χ3n) is 10.2. The van der Waals surface area contributed by atoms with Crippen molar-refractivity contribution in [2.24, 2.45) is 0 Å². The molecule has 220 valence electrons. The SMILES string of the molecule is Cc1cc(C2=CC=C=C=C2)ccc1-c1cc2c3cc4cc(C(C)C)ccc4cc3n3c4cc5ccc(C(C)C)cc5cc4c(c1)c23. The van der Waals surface area contributed by atoms with Gasteiger partial charge in [-0.25, -0.2) is 0 Å². The molecule has 2 heterocycles. The van der Waals surface area contributed by atoms with Gasteiger partial charge in [-0.05, 0) is 134 Å². The topological polar surface area (TPSA) is 4.41 Å². The Morgan fingerprint density at radius 3 is 1.67 bits per heavy atom. The molecule has 0 spiro atoms. The lowest BCUT2D eigenvalue weighted by atomic mass is 9.92. The molecule has 46 heavy (non-hydrogen) atoms. The summed E-state index contributed by atoms with van der Waals surface area (Å²) < 4.78 is 2.53. The summed E-state index contributed by atoms with van der Waals surface area (Å²) in [6.07, 6.45) is 6.05. The fraction of sp³-hybridized carbons (Fsp3) is 0.156. The molecule has 0 saturated heterocycles. The lowest BCUT2D eigenvalue weighted by Gasteiger charge is -2.11. The zero-order valence-corrected chi connectivity index (χ0v) is 27.0. The molecular weight excluding hydrogens is 555 g/mol. The van der Waals surface area contributed by atoms with E-state index in [1.807, 2.05) is 12.2 Å². The fourth-order valence-electron chi connectivity index (χ4n) is 7.63. The largest absolute Gasteiger partial charge is 0.308 e. The van der Waals surface area contributed by atoms with Crippen LogP contribution >= 0.6 is 0 Å². The maximum Gasteiger partial charge on any atom is 0.0620 e. The van der Waals surface area contributed by atoms with Crippen molar-refractivity contribution in [2.75, 3.05) is 0 Å². The Hall–Kier alpha value is -5.32. The molecule has 0 saturated carbocycles. The van der Waals surface area contributed by atoms with Crippen LogP contribution in [0.25, 0.3) is 76.3 Å². The fourth-order valence-corrected chi connectivity index (χ4v) is 7.63. The summed E-state index contributed by atoms with van der Waals surface area (Å²) in [5.74, 6) is 0.987. The average Bonchev–Trinajstić information content (AvgIpc) is 3.56. The molecule has 1 aliphatic rings. The molecule has 2 aromatic heterocycles. The van der Waals surface area contributed by atoms with Crippen molar-refractivity contribution >= 4 is 65.2 Å². The molecule has 1 heteroatoms. The van der Waals surface area contributed by atoms with E-state index >= 15 is 0 Å². The second kappa shape index (κ2) is 9.84. The van der Waals surface area contributed by atoms with E-state index in [1.165, 1.54) is 98.6 Å². The van der Waals surface area contributed by atoms with E-state index in [9.17, 15) is 0 Å². The summed E-state index contributed by atoms with van der Waals surface area (Å²) in [6, 6.07) is 35.4. The van der Waals surface area contributed by atoms with Gasteiger partial charge in [-0.3, -0.25) is 0 Å². The molecule has 0 bridgehead atoms. The number of allylic oxidation sites excluding steroid dienone is 4. The van der Waals surface area contributed by atoms with E-state index in [2.05, 4.69) is 148 Å². The van der Waals surface area contributed by atoms with Crippen LogP contribution in [0.4, 0.5) is 0 Å². The van der Waals surface area contributed by atoms with E-state index in [0.29, 0.717) is 11.8 Å². The molecule has 9 rings (SSSR count). The van der Waals surface area contributed by atoms with Crippen molar-refractivity contribution in [2.45, 2.75) is 46.5 Å². The predicted molar refractivity (Wildman–Crippen MR) is 199 cm³/mol. The molecule has 0 N–H and O–H groups in total. The van der Waals surface area contributed by atoms with Crippen molar-refractivity contribution in [3.8, 4) is 11.1 Å².